The topological polar surface area (TPSA) is 106 Å². The van der Waals surface area contributed by atoms with E-state index in [1.165, 1.54) is 13.0 Å². The van der Waals surface area contributed by atoms with E-state index < -0.39 is 57.0 Å². The number of hydrogen-bond donors (Lipinski definition) is 1. The molecule has 0 saturated heterocycles. The first-order valence-electron chi connectivity index (χ1n) is 6.73. The minimum Gasteiger partial charge on any atom is -0.481 e. The van der Waals surface area contributed by atoms with Crippen molar-refractivity contribution in [1.29, 1.82) is 0 Å². The fourth-order valence-corrected chi connectivity index (χ4v) is 6.68. The van der Waals surface area contributed by atoms with E-state index >= 15 is 0 Å². The third-order valence-corrected chi connectivity index (χ3v) is 7.86. The maximum Gasteiger partial charge on any atom is 0.310 e. The number of carboxylic acid groups (broad SMARTS) is 1. The molecule has 0 radical (unpaired) electrons. The molecule has 24 heavy (non-hydrogen) atoms. The Morgan fingerprint density at radius 2 is 1.42 bits per heavy atom. The van der Waals surface area contributed by atoms with Crippen molar-refractivity contribution in [2.75, 3.05) is 0 Å². The predicted octanol–water partition coefficient (Wildman–Crippen LogP) is 1.99. The highest BCUT2D eigenvalue weighted by Crippen LogP contribution is 2.41. The first kappa shape index (κ1) is 16.6. The van der Waals surface area contributed by atoms with E-state index in [0.717, 1.165) is 24.3 Å². The summed E-state index contributed by atoms with van der Waals surface area (Å²) in [6.07, 6.45) is 0. The van der Waals surface area contributed by atoms with Gasteiger partial charge in [-0.15, -0.1) is 0 Å². The van der Waals surface area contributed by atoms with Crippen LogP contribution in [0.4, 0.5) is 4.39 Å². The fraction of sp³-hybridized carbons (Fsp3) is 0.133. The Morgan fingerprint density at radius 1 is 0.917 bits per heavy atom. The molecule has 0 amide bonds. The molecule has 0 saturated carbocycles. The lowest BCUT2D eigenvalue weighted by molar-refractivity contribution is -0.138. The summed E-state index contributed by atoms with van der Waals surface area (Å²) in [7, 11) is -8.43. The van der Waals surface area contributed by atoms with Crippen molar-refractivity contribution in [2.24, 2.45) is 0 Å². The number of carbonyl (C=O) groups is 1. The summed E-state index contributed by atoms with van der Waals surface area (Å²) in [5.74, 6) is -3.05. The van der Waals surface area contributed by atoms with Crippen LogP contribution in [0.15, 0.2) is 56.0 Å². The normalized spacial score (nSPS) is 18.2. The van der Waals surface area contributed by atoms with Gasteiger partial charge in [-0.3, -0.25) is 4.79 Å². The van der Waals surface area contributed by atoms with Crippen LogP contribution >= 0.6 is 0 Å². The fourth-order valence-electron chi connectivity index (χ4n) is 2.52. The maximum absolute atomic E-state index is 13.4. The van der Waals surface area contributed by atoms with Gasteiger partial charge in [0, 0.05) is 0 Å². The van der Waals surface area contributed by atoms with Crippen LogP contribution in [0.1, 0.15) is 18.4 Å². The highest BCUT2D eigenvalue weighted by atomic mass is 32.2. The molecule has 1 atom stereocenters. The molecule has 2 aromatic carbocycles. The van der Waals surface area contributed by atoms with Gasteiger partial charge in [0.1, 0.15) is 5.82 Å². The van der Waals surface area contributed by atoms with E-state index in [1.807, 2.05) is 0 Å². The zero-order valence-electron chi connectivity index (χ0n) is 12.2. The van der Waals surface area contributed by atoms with Crippen molar-refractivity contribution in [3.63, 3.8) is 0 Å². The Bertz CT molecular complexity index is 1090. The summed E-state index contributed by atoms with van der Waals surface area (Å²) in [4.78, 5) is 8.97. The number of rotatable bonds is 2. The summed E-state index contributed by atoms with van der Waals surface area (Å²) >= 11 is 0. The Kier molecular flexibility index (Phi) is 3.54. The molecule has 126 valence electrons. The van der Waals surface area contributed by atoms with E-state index in [-0.39, 0.29) is 5.56 Å². The number of halogens is 1. The largest absolute Gasteiger partial charge is 0.481 e. The number of carboxylic acids is 1. The molecule has 6 nitrogen and oxygen atoms in total. The smallest absolute Gasteiger partial charge is 0.310 e. The van der Waals surface area contributed by atoms with Gasteiger partial charge in [-0.05, 0) is 42.8 Å². The minimum atomic E-state index is -4.22. The van der Waals surface area contributed by atoms with Gasteiger partial charge in [0.25, 0.3) is 0 Å². The molecule has 0 bridgehead atoms. The number of aliphatic carboxylic acids is 1. The van der Waals surface area contributed by atoms with E-state index in [2.05, 4.69) is 0 Å². The predicted molar refractivity (Wildman–Crippen MR) is 79.8 cm³/mol. The van der Waals surface area contributed by atoms with Crippen molar-refractivity contribution in [2.45, 2.75) is 32.4 Å². The Balaban J connectivity index is 2.38. The second-order valence-corrected chi connectivity index (χ2v) is 9.14. The SMILES string of the molecule is CC(C(=O)O)c1ccc2c(c1)S(=O)(=O)c1ccc(F)cc1S2(=O)=O. The second-order valence-electron chi connectivity index (χ2n) is 5.36. The molecule has 3 rings (SSSR count). The van der Waals surface area contributed by atoms with Crippen LogP contribution in [0.3, 0.4) is 0 Å². The Hall–Kier alpha value is -2.26. The average Bonchev–Trinajstić information content (AvgIpc) is 2.52. The molecular formula is C15H11FO6S2. The lowest BCUT2D eigenvalue weighted by Gasteiger charge is -2.21. The van der Waals surface area contributed by atoms with E-state index in [1.54, 1.807) is 0 Å². The highest BCUT2D eigenvalue weighted by molar-refractivity contribution is 7.97. The monoisotopic (exact) mass is 370 g/mol. The van der Waals surface area contributed by atoms with E-state index in [4.69, 9.17) is 5.11 Å². The quantitative estimate of drug-likeness (QED) is 0.692. The molecule has 2 aromatic rings. The van der Waals surface area contributed by atoms with Gasteiger partial charge in [0.2, 0.25) is 19.7 Å². The average molecular weight is 370 g/mol. The van der Waals surface area contributed by atoms with Gasteiger partial charge in [-0.25, -0.2) is 21.2 Å². The van der Waals surface area contributed by atoms with Crippen molar-refractivity contribution in [3.8, 4) is 0 Å². The molecule has 0 spiro atoms. The minimum absolute atomic E-state index is 0.158. The number of fused-ring (bicyclic) bond motifs is 2. The summed E-state index contributed by atoms with van der Waals surface area (Å²) < 4.78 is 64.0. The lowest BCUT2D eigenvalue weighted by atomic mass is 10.0. The molecule has 1 aliphatic rings. The van der Waals surface area contributed by atoms with Crippen molar-refractivity contribution >= 4 is 25.6 Å². The maximum atomic E-state index is 13.4. The summed E-state index contributed by atoms with van der Waals surface area (Å²) in [5.41, 5.74) is 0.158. The zero-order valence-corrected chi connectivity index (χ0v) is 13.9. The molecule has 9 heteroatoms. The highest BCUT2D eigenvalue weighted by Gasteiger charge is 2.40. The Labute approximate surface area is 137 Å². The third kappa shape index (κ3) is 2.23. The van der Waals surface area contributed by atoms with Crippen molar-refractivity contribution in [1.82, 2.24) is 0 Å². The molecule has 1 heterocycles. The molecule has 0 aromatic heterocycles. The zero-order chi connectivity index (χ0) is 17.9. The van der Waals surface area contributed by atoms with Crippen LogP contribution in [0, 0.1) is 5.82 Å². The summed E-state index contributed by atoms with van der Waals surface area (Å²) in [5, 5.41) is 9.05. The van der Waals surface area contributed by atoms with Crippen LogP contribution in [-0.2, 0) is 24.5 Å². The first-order valence-corrected chi connectivity index (χ1v) is 9.70. The van der Waals surface area contributed by atoms with Gasteiger partial charge < -0.3 is 5.11 Å². The first-order chi connectivity index (χ1) is 11.1. The van der Waals surface area contributed by atoms with E-state index in [0.29, 0.717) is 6.07 Å². The molecule has 1 N–H and O–H groups in total. The molecule has 0 aliphatic carbocycles. The van der Waals surface area contributed by atoms with Crippen LogP contribution in [0.2, 0.25) is 0 Å². The number of hydrogen-bond acceptors (Lipinski definition) is 5. The van der Waals surface area contributed by atoms with Crippen molar-refractivity contribution in [3.05, 3.63) is 47.8 Å². The number of benzene rings is 2. The standard InChI is InChI=1S/C15H11FO6S2/c1-8(15(17)18)9-2-4-11-13(6-9)23(19,20)12-5-3-10(16)7-14(12)24(11,21)22/h2-8H,1H3,(H,17,18). The lowest BCUT2D eigenvalue weighted by Crippen LogP contribution is -2.21. The Morgan fingerprint density at radius 3 is 1.96 bits per heavy atom. The second kappa shape index (κ2) is 5.12. The molecular weight excluding hydrogens is 359 g/mol. The molecule has 0 fully saturated rings. The van der Waals surface area contributed by atoms with Crippen LogP contribution in [0.5, 0.6) is 0 Å². The van der Waals surface area contributed by atoms with Gasteiger partial charge in [-0.1, -0.05) is 6.07 Å². The van der Waals surface area contributed by atoms with Gasteiger partial charge in [-0.2, -0.15) is 0 Å². The van der Waals surface area contributed by atoms with Crippen molar-refractivity contribution < 1.29 is 31.1 Å². The molecule has 1 unspecified atom stereocenters. The van der Waals surface area contributed by atoms with Gasteiger partial charge in [0.05, 0.1) is 25.5 Å². The van der Waals surface area contributed by atoms with Gasteiger partial charge in [0.15, 0.2) is 0 Å². The van der Waals surface area contributed by atoms with E-state index in [9.17, 15) is 26.0 Å². The molecule has 1 aliphatic heterocycles. The van der Waals surface area contributed by atoms with Crippen LogP contribution in [0.25, 0.3) is 0 Å². The summed E-state index contributed by atoms with van der Waals surface area (Å²) in [6.45, 7) is 1.36. The summed E-state index contributed by atoms with van der Waals surface area (Å²) in [6, 6.07) is 5.76. The van der Waals surface area contributed by atoms with Crippen LogP contribution < -0.4 is 0 Å². The van der Waals surface area contributed by atoms with Crippen LogP contribution in [-0.4, -0.2) is 27.9 Å². The van der Waals surface area contributed by atoms with Gasteiger partial charge >= 0.3 is 5.97 Å². The number of sulfone groups is 2. The third-order valence-electron chi connectivity index (χ3n) is 3.90.